The van der Waals surface area contributed by atoms with Gasteiger partial charge in [-0.05, 0) is 46.3 Å². The second-order valence-corrected chi connectivity index (χ2v) is 5.34. The molecule has 0 unspecified atom stereocenters. The van der Waals surface area contributed by atoms with Gasteiger partial charge in [0.05, 0.1) is 18.4 Å². The summed E-state index contributed by atoms with van der Waals surface area (Å²) in [5, 5.41) is 0.401. The lowest BCUT2D eigenvalue weighted by Crippen LogP contribution is -2.27. The lowest BCUT2D eigenvalue weighted by atomic mass is 10.1. The Bertz CT molecular complexity index is 698. The summed E-state index contributed by atoms with van der Waals surface area (Å²) in [5.41, 5.74) is 0.579. The van der Waals surface area contributed by atoms with E-state index < -0.39 is 11.9 Å². The average Bonchev–Trinajstić information content (AvgIpc) is 2.91. The van der Waals surface area contributed by atoms with E-state index in [4.69, 9.17) is 20.8 Å². The fraction of sp³-hybridized carbons (Fsp3) is 0.143. The van der Waals surface area contributed by atoms with E-state index in [0.717, 1.165) is 0 Å². The fourth-order valence-corrected chi connectivity index (χ4v) is 2.24. The number of carbonyl (C=O) groups excluding carboxylic acids is 2. The van der Waals surface area contributed by atoms with Gasteiger partial charge < -0.3 is 14.1 Å². The van der Waals surface area contributed by atoms with E-state index in [0.29, 0.717) is 15.4 Å². The van der Waals surface area contributed by atoms with E-state index in [2.05, 4.69) is 15.9 Å². The molecule has 1 amide bonds. The number of anilines is 1. The van der Waals surface area contributed by atoms with Crippen molar-refractivity contribution in [2.45, 2.75) is 0 Å². The number of nitrogens with zero attached hydrogens (tertiary/aromatic N) is 1. The van der Waals surface area contributed by atoms with Crippen LogP contribution in [-0.2, 0) is 4.74 Å². The molecule has 0 N–H and O–H groups in total. The Morgan fingerprint density at radius 1 is 1.29 bits per heavy atom. The highest BCUT2D eigenvalue weighted by Crippen LogP contribution is 2.27. The molecule has 2 rings (SSSR count). The molecule has 1 heterocycles. The molecular weight excluding hydrogens is 362 g/mol. The summed E-state index contributed by atoms with van der Waals surface area (Å²) in [6, 6.07) is 7.72. The third-order valence-corrected chi connectivity index (χ3v) is 3.48. The van der Waals surface area contributed by atoms with Crippen molar-refractivity contribution < 1.29 is 18.7 Å². The number of ether oxygens (including phenoxy) is 1. The Morgan fingerprint density at radius 2 is 2.00 bits per heavy atom. The summed E-state index contributed by atoms with van der Waals surface area (Å²) in [6.07, 6.45) is 0. The molecule has 2 aromatic rings. The van der Waals surface area contributed by atoms with E-state index in [-0.39, 0.29) is 11.3 Å². The zero-order valence-corrected chi connectivity index (χ0v) is 13.6. The molecule has 0 radical (unpaired) electrons. The van der Waals surface area contributed by atoms with E-state index in [1.54, 1.807) is 12.1 Å². The average molecular weight is 373 g/mol. The van der Waals surface area contributed by atoms with Gasteiger partial charge in [-0.15, -0.1) is 0 Å². The third-order valence-electron chi connectivity index (χ3n) is 2.82. The van der Waals surface area contributed by atoms with Gasteiger partial charge in [0.2, 0.25) is 0 Å². The van der Waals surface area contributed by atoms with Gasteiger partial charge >= 0.3 is 5.97 Å². The van der Waals surface area contributed by atoms with Crippen LogP contribution in [0.3, 0.4) is 0 Å². The third kappa shape index (κ3) is 3.28. The van der Waals surface area contributed by atoms with Gasteiger partial charge in [-0.2, -0.15) is 0 Å². The maximum Gasteiger partial charge on any atom is 0.339 e. The molecule has 0 aliphatic carbocycles. The van der Waals surface area contributed by atoms with Crippen LogP contribution in [0.25, 0.3) is 0 Å². The fourth-order valence-electron chi connectivity index (χ4n) is 1.77. The molecule has 0 fully saturated rings. The maximum absolute atomic E-state index is 12.3. The Hall–Kier alpha value is -1.79. The summed E-state index contributed by atoms with van der Waals surface area (Å²) in [6.45, 7) is 0. The number of carbonyl (C=O) groups is 2. The number of benzene rings is 1. The first-order chi connectivity index (χ1) is 9.93. The number of hydrogen-bond donors (Lipinski definition) is 0. The van der Waals surface area contributed by atoms with Gasteiger partial charge in [-0.25, -0.2) is 4.79 Å². The van der Waals surface area contributed by atoms with Gasteiger partial charge in [0.1, 0.15) is 0 Å². The summed E-state index contributed by atoms with van der Waals surface area (Å²) >= 11 is 9.08. The summed E-state index contributed by atoms with van der Waals surface area (Å²) in [5.74, 6) is -0.824. The SMILES string of the molecule is COC(=O)c1ccc(Cl)cc1N(C)C(=O)c1ccc(Br)o1. The van der Waals surface area contributed by atoms with E-state index >= 15 is 0 Å². The first kappa shape index (κ1) is 15.6. The van der Waals surface area contributed by atoms with Crippen molar-refractivity contribution in [3.8, 4) is 0 Å². The number of esters is 1. The van der Waals surface area contributed by atoms with Crippen molar-refractivity contribution in [1.29, 1.82) is 0 Å². The largest absolute Gasteiger partial charge is 0.465 e. The molecule has 0 aliphatic heterocycles. The zero-order chi connectivity index (χ0) is 15.6. The molecule has 0 aliphatic rings. The van der Waals surface area contributed by atoms with Crippen LogP contribution in [0, 0.1) is 0 Å². The van der Waals surface area contributed by atoms with Crippen molar-refractivity contribution in [3.63, 3.8) is 0 Å². The van der Waals surface area contributed by atoms with Crippen molar-refractivity contribution in [1.82, 2.24) is 0 Å². The van der Waals surface area contributed by atoms with Gasteiger partial charge in [0, 0.05) is 12.1 Å². The number of furan rings is 1. The predicted octanol–water partition coefficient (Wildman–Crippen LogP) is 3.76. The molecule has 7 heteroatoms. The molecule has 0 spiro atoms. The molecule has 110 valence electrons. The first-order valence-corrected chi connectivity index (χ1v) is 7.02. The quantitative estimate of drug-likeness (QED) is 0.770. The zero-order valence-electron chi connectivity index (χ0n) is 11.2. The molecule has 1 aromatic carbocycles. The van der Waals surface area contributed by atoms with E-state index in [1.807, 2.05) is 0 Å². The topological polar surface area (TPSA) is 59.8 Å². The number of rotatable bonds is 3. The Kier molecular flexibility index (Phi) is 4.69. The summed E-state index contributed by atoms with van der Waals surface area (Å²) in [4.78, 5) is 25.4. The highest BCUT2D eigenvalue weighted by Gasteiger charge is 2.22. The number of halogens is 2. The minimum absolute atomic E-state index is 0.139. The van der Waals surface area contributed by atoms with E-state index in [9.17, 15) is 9.59 Å². The molecular formula is C14H11BrClNO4. The Labute approximate surface area is 134 Å². The van der Waals surface area contributed by atoms with Crippen molar-refractivity contribution >= 4 is 45.1 Å². The van der Waals surface area contributed by atoms with Gasteiger partial charge in [0.15, 0.2) is 10.4 Å². The first-order valence-electron chi connectivity index (χ1n) is 5.85. The maximum atomic E-state index is 12.3. The molecule has 5 nitrogen and oxygen atoms in total. The summed E-state index contributed by atoms with van der Waals surface area (Å²) < 4.78 is 10.4. The number of hydrogen-bond acceptors (Lipinski definition) is 4. The van der Waals surface area contributed by atoms with Crippen LogP contribution in [0.2, 0.25) is 5.02 Å². The highest BCUT2D eigenvalue weighted by atomic mass is 79.9. The number of amides is 1. The predicted molar refractivity (Wildman–Crippen MR) is 81.9 cm³/mol. The summed E-state index contributed by atoms with van der Waals surface area (Å²) in [7, 11) is 2.79. The smallest absolute Gasteiger partial charge is 0.339 e. The molecule has 0 atom stereocenters. The normalized spacial score (nSPS) is 10.3. The van der Waals surface area contributed by atoms with Crippen LogP contribution in [-0.4, -0.2) is 26.0 Å². The minimum Gasteiger partial charge on any atom is -0.465 e. The van der Waals surface area contributed by atoms with Crippen molar-refractivity contribution in [2.24, 2.45) is 0 Å². The Morgan fingerprint density at radius 3 is 2.57 bits per heavy atom. The second-order valence-electron chi connectivity index (χ2n) is 4.12. The molecule has 0 saturated heterocycles. The minimum atomic E-state index is -0.554. The number of methoxy groups -OCH3 is 1. The Balaban J connectivity index is 2.42. The molecule has 21 heavy (non-hydrogen) atoms. The lowest BCUT2D eigenvalue weighted by molar-refractivity contribution is 0.0601. The van der Waals surface area contributed by atoms with Gasteiger partial charge in [-0.1, -0.05) is 11.6 Å². The molecule has 0 bridgehead atoms. The molecule has 0 saturated carbocycles. The van der Waals surface area contributed by atoms with Gasteiger partial charge in [-0.3, -0.25) is 4.79 Å². The van der Waals surface area contributed by atoms with Crippen LogP contribution in [0.15, 0.2) is 39.4 Å². The van der Waals surface area contributed by atoms with Gasteiger partial charge in [0.25, 0.3) is 5.91 Å². The standard InChI is InChI=1S/C14H11BrClNO4/c1-17(13(18)11-5-6-12(15)21-11)10-7-8(16)3-4-9(10)14(19)20-2/h3-7H,1-2H3. The van der Waals surface area contributed by atoms with Crippen LogP contribution in [0.4, 0.5) is 5.69 Å². The van der Waals surface area contributed by atoms with E-state index in [1.165, 1.54) is 37.3 Å². The van der Waals surface area contributed by atoms with Crippen LogP contribution >= 0.6 is 27.5 Å². The van der Waals surface area contributed by atoms with Crippen LogP contribution in [0.1, 0.15) is 20.9 Å². The van der Waals surface area contributed by atoms with Crippen LogP contribution < -0.4 is 4.90 Å². The van der Waals surface area contributed by atoms with Crippen molar-refractivity contribution in [2.75, 3.05) is 19.1 Å². The molecule has 1 aromatic heterocycles. The van der Waals surface area contributed by atoms with Crippen LogP contribution in [0.5, 0.6) is 0 Å². The lowest BCUT2D eigenvalue weighted by Gasteiger charge is -2.19. The van der Waals surface area contributed by atoms with Crippen molar-refractivity contribution in [3.05, 3.63) is 51.3 Å². The highest BCUT2D eigenvalue weighted by molar-refractivity contribution is 9.10. The monoisotopic (exact) mass is 371 g/mol. The second kappa shape index (κ2) is 6.32.